The molecular formula is C15H25NO3. The highest BCUT2D eigenvalue weighted by Gasteiger charge is 2.34. The molecule has 1 saturated carbocycles. The highest BCUT2D eigenvalue weighted by Crippen LogP contribution is 2.29. The van der Waals surface area contributed by atoms with Gasteiger partial charge in [-0.15, -0.1) is 0 Å². The standard InChI is InChI=1S/C15H25NO3/c1-10(8-12-6-4-3-5-7-12)15(18)16-14-11(2)19-9-13(14)17/h10-12,14H,3-9H2,1-2H3,(H,16,18)/t10-,11-,14-/m0/s1. The van der Waals surface area contributed by atoms with Gasteiger partial charge >= 0.3 is 0 Å². The average Bonchev–Trinajstić information content (AvgIpc) is 2.71. The second-order valence-corrected chi connectivity index (χ2v) is 6.11. The van der Waals surface area contributed by atoms with Gasteiger partial charge in [0.25, 0.3) is 0 Å². The first-order valence-corrected chi connectivity index (χ1v) is 7.52. The lowest BCUT2D eigenvalue weighted by Crippen LogP contribution is -2.46. The quantitative estimate of drug-likeness (QED) is 0.848. The van der Waals surface area contributed by atoms with Gasteiger partial charge in [0.1, 0.15) is 12.6 Å². The molecule has 0 unspecified atom stereocenters. The third-order valence-corrected chi connectivity index (χ3v) is 4.46. The maximum atomic E-state index is 12.1. The van der Waals surface area contributed by atoms with Crippen LogP contribution in [0, 0.1) is 11.8 Å². The Kier molecular flexibility index (Phi) is 4.97. The number of hydrogen-bond acceptors (Lipinski definition) is 3. The molecule has 3 atom stereocenters. The van der Waals surface area contributed by atoms with E-state index in [0.717, 1.165) is 6.42 Å². The Morgan fingerprint density at radius 1 is 1.37 bits per heavy atom. The van der Waals surface area contributed by atoms with Crippen molar-refractivity contribution < 1.29 is 14.3 Å². The minimum atomic E-state index is -0.443. The molecule has 1 aliphatic heterocycles. The van der Waals surface area contributed by atoms with E-state index in [-0.39, 0.29) is 30.3 Å². The minimum absolute atomic E-state index is 0.00118. The molecule has 0 aromatic carbocycles. The van der Waals surface area contributed by atoms with Crippen LogP contribution in [0.1, 0.15) is 52.4 Å². The van der Waals surface area contributed by atoms with Gasteiger partial charge in [0, 0.05) is 5.92 Å². The molecule has 1 aliphatic carbocycles. The van der Waals surface area contributed by atoms with E-state index in [2.05, 4.69) is 5.32 Å². The van der Waals surface area contributed by atoms with E-state index in [4.69, 9.17) is 4.74 Å². The number of hydrogen-bond donors (Lipinski definition) is 1. The normalized spacial score (nSPS) is 30.3. The summed E-state index contributed by atoms with van der Waals surface area (Å²) in [6.45, 7) is 3.93. The molecule has 4 heteroatoms. The van der Waals surface area contributed by atoms with Gasteiger partial charge in [-0.1, -0.05) is 39.0 Å². The molecule has 4 nitrogen and oxygen atoms in total. The maximum Gasteiger partial charge on any atom is 0.223 e. The van der Waals surface area contributed by atoms with Crippen LogP contribution in [0.3, 0.4) is 0 Å². The van der Waals surface area contributed by atoms with Crippen molar-refractivity contribution in [3.63, 3.8) is 0 Å². The fourth-order valence-corrected chi connectivity index (χ4v) is 3.18. The highest BCUT2D eigenvalue weighted by molar-refractivity contribution is 5.92. The number of rotatable bonds is 4. The van der Waals surface area contributed by atoms with E-state index in [9.17, 15) is 9.59 Å². The molecular weight excluding hydrogens is 242 g/mol. The van der Waals surface area contributed by atoms with Gasteiger partial charge in [-0.25, -0.2) is 0 Å². The largest absolute Gasteiger partial charge is 0.368 e. The van der Waals surface area contributed by atoms with Gasteiger partial charge in [0.05, 0.1) is 6.10 Å². The molecule has 1 N–H and O–H groups in total. The summed E-state index contributed by atoms with van der Waals surface area (Å²) in [5, 5.41) is 2.85. The van der Waals surface area contributed by atoms with Crippen molar-refractivity contribution in [3.05, 3.63) is 0 Å². The van der Waals surface area contributed by atoms with E-state index < -0.39 is 6.04 Å². The predicted molar refractivity (Wildman–Crippen MR) is 72.7 cm³/mol. The van der Waals surface area contributed by atoms with Gasteiger partial charge < -0.3 is 10.1 Å². The average molecular weight is 267 g/mol. The lowest BCUT2D eigenvalue weighted by atomic mass is 9.83. The lowest BCUT2D eigenvalue weighted by molar-refractivity contribution is -0.129. The molecule has 1 amide bonds. The third kappa shape index (κ3) is 3.78. The van der Waals surface area contributed by atoms with Crippen molar-refractivity contribution in [2.24, 2.45) is 11.8 Å². The summed E-state index contributed by atoms with van der Waals surface area (Å²) in [7, 11) is 0. The van der Waals surface area contributed by atoms with Gasteiger partial charge in [0.15, 0.2) is 5.78 Å². The van der Waals surface area contributed by atoms with Gasteiger partial charge in [0.2, 0.25) is 5.91 Å². The van der Waals surface area contributed by atoms with E-state index in [1.807, 2.05) is 13.8 Å². The molecule has 1 heterocycles. The number of amides is 1. The zero-order chi connectivity index (χ0) is 13.8. The number of ketones is 1. The van der Waals surface area contributed by atoms with E-state index >= 15 is 0 Å². The Bertz CT molecular complexity index is 336. The van der Waals surface area contributed by atoms with Gasteiger partial charge in [-0.05, 0) is 19.3 Å². The summed E-state index contributed by atoms with van der Waals surface area (Å²) < 4.78 is 5.24. The van der Waals surface area contributed by atoms with Crippen LogP contribution in [-0.2, 0) is 14.3 Å². The van der Waals surface area contributed by atoms with Gasteiger partial charge in [-0.2, -0.15) is 0 Å². The number of nitrogens with one attached hydrogen (secondary N) is 1. The molecule has 0 spiro atoms. The number of Topliss-reactive ketones (excluding diaryl/α,β-unsaturated/α-hetero) is 1. The maximum absolute atomic E-state index is 12.1. The summed E-state index contributed by atoms with van der Waals surface area (Å²) in [6.07, 6.45) is 7.18. The molecule has 2 rings (SSSR count). The summed E-state index contributed by atoms with van der Waals surface area (Å²) >= 11 is 0. The van der Waals surface area contributed by atoms with Crippen LogP contribution >= 0.6 is 0 Å². The summed E-state index contributed by atoms with van der Waals surface area (Å²) in [5.41, 5.74) is 0. The zero-order valence-corrected chi connectivity index (χ0v) is 12.0. The van der Waals surface area contributed by atoms with Crippen molar-refractivity contribution in [1.29, 1.82) is 0 Å². The topological polar surface area (TPSA) is 55.4 Å². The Morgan fingerprint density at radius 2 is 2.05 bits per heavy atom. The van der Waals surface area contributed by atoms with Gasteiger partial charge in [-0.3, -0.25) is 9.59 Å². The van der Waals surface area contributed by atoms with Crippen molar-refractivity contribution in [1.82, 2.24) is 5.32 Å². The van der Waals surface area contributed by atoms with Crippen LogP contribution in [0.25, 0.3) is 0 Å². The SMILES string of the molecule is C[C@@H]1OCC(=O)[C@H]1NC(=O)[C@@H](C)CC1CCCCC1. The molecule has 19 heavy (non-hydrogen) atoms. The molecule has 0 aromatic rings. The molecule has 0 aromatic heterocycles. The van der Waals surface area contributed by atoms with Crippen LogP contribution < -0.4 is 5.32 Å². The van der Waals surface area contributed by atoms with Crippen LogP contribution in [0.4, 0.5) is 0 Å². The first-order valence-electron chi connectivity index (χ1n) is 7.52. The molecule has 2 aliphatic rings. The second kappa shape index (κ2) is 6.51. The second-order valence-electron chi connectivity index (χ2n) is 6.11. The number of ether oxygens (including phenoxy) is 1. The molecule has 0 radical (unpaired) electrons. The third-order valence-electron chi connectivity index (χ3n) is 4.46. The number of carbonyl (C=O) groups is 2. The molecule has 0 bridgehead atoms. The first kappa shape index (κ1) is 14.5. The zero-order valence-electron chi connectivity index (χ0n) is 12.0. The first-order chi connectivity index (χ1) is 9.08. The molecule has 1 saturated heterocycles. The Labute approximate surface area is 115 Å². The Balaban J connectivity index is 1.80. The van der Waals surface area contributed by atoms with Crippen LogP contribution in [-0.4, -0.2) is 30.4 Å². The van der Waals surface area contributed by atoms with E-state index in [1.165, 1.54) is 32.1 Å². The van der Waals surface area contributed by atoms with Crippen molar-refractivity contribution >= 4 is 11.7 Å². The summed E-state index contributed by atoms with van der Waals surface area (Å²) in [6, 6.07) is -0.443. The van der Waals surface area contributed by atoms with E-state index in [0.29, 0.717) is 5.92 Å². The van der Waals surface area contributed by atoms with Crippen molar-refractivity contribution in [2.45, 2.75) is 64.5 Å². The Morgan fingerprint density at radius 3 is 2.63 bits per heavy atom. The van der Waals surface area contributed by atoms with E-state index in [1.54, 1.807) is 0 Å². The monoisotopic (exact) mass is 267 g/mol. The predicted octanol–water partition coefficient (Wildman–Crippen LogP) is 2.07. The fourth-order valence-electron chi connectivity index (χ4n) is 3.18. The minimum Gasteiger partial charge on any atom is -0.368 e. The molecule has 2 fully saturated rings. The smallest absolute Gasteiger partial charge is 0.223 e. The van der Waals surface area contributed by atoms with Crippen LogP contribution in [0.15, 0.2) is 0 Å². The Hall–Kier alpha value is -0.900. The van der Waals surface area contributed by atoms with Crippen molar-refractivity contribution in [3.8, 4) is 0 Å². The summed E-state index contributed by atoms with van der Waals surface area (Å²) in [4.78, 5) is 23.7. The highest BCUT2D eigenvalue weighted by atomic mass is 16.5. The van der Waals surface area contributed by atoms with Crippen LogP contribution in [0.5, 0.6) is 0 Å². The van der Waals surface area contributed by atoms with Crippen molar-refractivity contribution in [2.75, 3.05) is 6.61 Å². The fraction of sp³-hybridized carbons (Fsp3) is 0.867. The van der Waals surface area contributed by atoms with Crippen LogP contribution in [0.2, 0.25) is 0 Å². The number of carbonyl (C=O) groups excluding carboxylic acids is 2. The summed E-state index contributed by atoms with van der Waals surface area (Å²) in [5.74, 6) is 0.665. The lowest BCUT2D eigenvalue weighted by Gasteiger charge is -2.25. The molecule has 108 valence electrons.